The number of hydrogen-bond donors (Lipinski definition) is 0. The van der Waals surface area contributed by atoms with Crippen LogP contribution in [0, 0.1) is 0 Å². The van der Waals surface area contributed by atoms with Crippen LogP contribution in [0.3, 0.4) is 0 Å². The predicted octanol–water partition coefficient (Wildman–Crippen LogP) is 9.45. The lowest BCUT2D eigenvalue weighted by Gasteiger charge is -2.03. The Morgan fingerprint density at radius 3 is 1.71 bits per heavy atom. The second-order valence-electron chi connectivity index (χ2n) is 9.88. The maximum Gasteiger partial charge on any atom is 0.272 e. The van der Waals surface area contributed by atoms with Gasteiger partial charge in [-0.3, -0.25) is 4.79 Å². The SMILES string of the molecule is CCCCCCCCCCCCCCCCCCCCC/C=C/C(=O)n1nnc2ccccc21. The van der Waals surface area contributed by atoms with Gasteiger partial charge in [0.15, 0.2) is 0 Å². The fourth-order valence-electron chi connectivity index (χ4n) is 4.63. The van der Waals surface area contributed by atoms with E-state index in [1.807, 2.05) is 30.3 Å². The molecule has 4 heteroatoms. The second-order valence-corrected chi connectivity index (χ2v) is 9.88. The predicted molar refractivity (Wildman–Crippen MR) is 145 cm³/mol. The van der Waals surface area contributed by atoms with E-state index < -0.39 is 0 Å². The van der Waals surface area contributed by atoms with E-state index in [1.165, 1.54) is 120 Å². The van der Waals surface area contributed by atoms with E-state index in [-0.39, 0.29) is 5.91 Å². The molecular weight excluding hydrogens is 418 g/mol. The molecule has 0 N–H and O–H groups in total. The molecule has 2 aromatic rings. The molecule has 0 aliphatic carbocycles. The van der Waals surface area contributed by atoms with Crippen LogP contribution in [0.5, 0.6) is 0 Å². The van der Waals surface area contributed by atoms with Crippen LogP contribution in [0.2, 0.25) is 0 Å². The minimum absolute atomic E-state index is 0.119. The first kappa shape index (κ1) is 28.3. The summed E-state index contributed by atoms with van der Waals surface area (Å²) in [5, 5.41) is 8.00. The summed E-state index contributed by atoms with van der Waals surface area (Å²) in [6.45, 7) is 2.29. The highest BCUT2D eigenvalue weighted by atomic mass is 16.2. The number of rotatable bonds is 21. The van der Waals surface area contributed by atoms with E-state index in [4.69, 9.17) is 0 Å². The van der Waals surface area contributed by atoms with E-state index in [0.717, 1.165) is 23.9 Å². The molecule has 0 aliphatic rings. The molecule has 0 saturated heterocycles. The molecule has 4 nitrogen and oxygen atoms in total. The quantitative estimate of drug-likeness (QED) is 0.136. The molecule has 0 aliphatic heterocycles. The van der Waals surface area contributed by atoms with Gasteiger partial charge in [0.2, 0.25) is 0 Å². The van der Waals surface area contributed by atoms with Crippen LogP contribution in [0.25, 0.3) is 11.0 Å². The number of allylic oxidation sites excluding steroid dienone is 2. The zero-order valence-electron chi connectivity index (χ0n) is 21.9. The van der Waals surface area contributed by atoms with Crippen LogP contribution in [0.15, 0.2) is 36.4 Å². The first-order chi connectivity index (χ1) is 16.8. The number of hydrogen-bond acceptors (Lipinski definition) is 3. The van der Waals surface area contributed by atoms with Crippen LogP contribution >= 0.6 is 0 Å². The number of unbranched alkanes of at least 4 members (excludes halogenated alkanes) is 19. The average Bonchev–Trinajstić information content (AvgIpc) is 3.29. The topological polar surface area (TPSA) is 47.8 Å². The van der Waals surface area contributed by atoms with Crippen LogP contribution < -0.4 is 0 Å². The van der Waals surface area contributed by atoms with Crippen molar-refractivity contribution >= 4 is 16.9 Å². The molecule has 34 heavy (non-hydrogen) atoms. The van der Waals surface area contributed by atoms with Crippen molar-refractivity contribution in [3.63, 3.8) is 0 Å². The Morgan fingerprint density at radius 2 is 1.18 bits per heavy atom. The van der Waals surface area contributed by atoms with E-state index in [0.29, 0.717) is 0 Å². The van der Waals surface area contributed by atoms with Crippen molar-refractivity contribution in [1.82, 2.24) is 15.0 Å². The molecular formula is C30H49N3O. The summed E-state index contributed by atoms with van der Waals surface area (Å²) in [5.41, 5.74) is 1.52. The van der Waals surface area contributed by atoms with E-state index in [9.17, 15) is 4.79 Å². The summed E-state index contributed by atoms with van der Waals surface area (Å²) >= 11 is 0. The summed E-state index contributed by atoms with van der Waals surface area (Å²) in [4.78, 5) is 12.3. The maximum atomic E-state index is 12.3. The molecule has 1 aromatic carbocycles. The largest absolute Gasteiger partial charge is 0.272 e. The zero-order chi connectivity index (χ0) is 24.1. The van der Waals surface area contributed by atoms with Crippen LogP contribution in [0.1, 0.15) is 140 Å². The Hall–Kier alpha value is -1.97. The molecule has 0 bridgehead atoms. The van der Waals surface area contributed by atoms with E-state index >= 15 is 0 Å². The Kier molecular flexibility index (Phi) is 16.1. The third kappa shape index (κ3) is 12.5. The van der Waals surface area contributed by atoms with Crippen LogP contribution in [0.4, 0.5) is 0 Å². The number of carbonyl (C=O) groups is 1. The number of para-hydroxylation sites is 1. The fourth-order valence-corrected chi connectivity index (χ4v) is 4.63. The van der Waals surface area contributed by atoms with Gasteiger partial charge in [0.25, 0.3) is 5.91 Å². The Bertz CT molecular complexity index is 795. The standard InChI is InChI=1S/C30H49N3O/c1-2-3-4-5-6-7-8-9-10-11-12-13-14-15-16-17-18-19-20-21-22-27-30(34)33-29-26-24-23-25-28(29)31-32-33/h22-27H,2-21H2,1H3/b27-22+. The van der Waals surface area contributed by atoms with Gasteiger partial charge in [-0.1, -0.05) is 146 Å². The van der Waals surface area contributed by atoms with Crippen molar-refractivity contribution in [2.75, 3.05) is 0 Å². The van der Waals surface area contributed by atoms with Crippen molar-refractivity contribution in [2.24, 2.45) is 0 Å². The fraction of sp³-hybridized carbons (Fsp3) is 0.700. The molecule has 1 heterocycles. The Balaban J connectivity index is 1.32. The molecule has 0 radical (unpaired) electrons. The molecule has 0 atom stereocenters. The van der Waals surface area contributed by atoms with Crippen LogP contribution in [-0.4, -0.2) is 20.9 Å². The lowest BCUT2D eigenvalue weighted by Crippen LogP contribution is -2.08. The molecule has 0 saturated carbocycles. The van der Waals surface area contributed by atoms with Crippen molar-refractivity contribution in [2.45, 2.75) is 135 Å². The zero-order valence-corrected chi connectivity index (χ0v) is 21.9. The Morgan fingerprint density at radius 1 is 0.706 bits per heavy atom. The van der Waals surface area contributed by atoms with Crippen molar-refractivity contribution in [1.29, 1.82) is 0 Å². The third-order valence-corrected chi connectivity index (χ3v) is 6.80. The van der Waals surface area contributed by atoms with Crippen molar-refractivity contribution < 1.29 is 4.79 Å². The first-order valence-corrected chi connectivity index (χ1v) is 14.3. The summed E-state index contributed by atoms with van der Waals surface area (Å²) < 4.78 is 1.38. The van der Waals surface area contributed by atoms with Gasteiger partial charge in [-0.15, -0.1) is 5.10 Å². The van der Waals surface area contributed by atoms with Crippen LogP contribution in [-0.2, 0) is 0 Å². The molecule has 0 fully saturated rings. The third-order valence-electron chi connectivity index (χ3n) is 6.80. The molecule has 1 aromatic heterocycles. The number of nitrogens with zero attached hydrogens (tertiary/aromatic N) is 3. The molecule has 0 unspecified atom stereocenters. The smallest absolute Gasteiger partial charge is 0.267 e. The van der Waals surface area contributed by atoms with Gasteiger partial charge >= 0.3 is 0 Å². The minimum atomic E-state index is -0.119. The molecule has 0 spiro atoms. The monoisotopic (exact) mass is 467 g/mol. The summed E-state index contributed by atoms with van der Waals surface area (Å²) in [7, 11) is 0. The highest BCUT2D eigenvalue weighted by Crippen LogP contribution is 2.15. The molecule has 0 amide bonds. The average molecular weight is 468 g/mol. The van der Waals surface area contributed by atoms with Gasteiger partial charge in [0.1, 0.15) is 5.52 Å². The summed E-state index contributed by atoms with van der Waals surface area (Å²) in [5.74, 6) is -0.119. The minimum Gasteiger partial charge on any atom is -0.267 e. The van der Waals surface area contributed by atoms with Gasteiger partial charge < -0.3 is 0 Å². The van der Waals surface area contributed by atoms with Gasteiger partial charge in [0, 0.05) is 6.08 Å². The lowest BCUT2D eigenvalue weighted by atomic mass is 10.0. The highest BCUT2D eigenvalue weighted by Gasteiger charge is 2.07. The van der Waals surface area contributed by atoms with Gasteiger partial charge in [0.05, 0.1) is 5.52 Å². The van der Waals surface area contributed by atoms with E-state index in [2.05, 4.69) is 17.2 Å². The number of benzene rings is 1. The van der Waals surface area contributed by atoms with Crippen molar-refractivity contribution in [3.8, 4) is 0 Å². The van der Waals surface area contributed by atoms with E-state index in [1.54, 1.807) is 6.08 Å². The summed E-state index contributed by atoms with van der Waals surface area (Å²) in [6.07, 6.45) is 31.1. The normalized spacial score (nSPS) is 11.7. The Labute approximate surface area is 208 Å². The number of fused-ring (bicyclic) bond motifs is 1. The number of aromatic nitrogens is 3. The van der Waals surface area contributed by atoms with Crippen molar-refractivity contribution in [3.05, 3.63) is 36.4 Å². The second kappa shape index (κ2) is 19.3. The number of carbonyl (C=O) groups excluding carboxylic acids is 1. The molecule has 190 valence electrons. The van der Waals surface area contributed by atoms with Gasteiger partial charge in [-0.25, -0.2) is 0 Å². The highest BCUT2D eigenvalue weighted by molar-refractivity contribution is 5.95. The molecule has 2 rings (SSSR count). The van der Waals surface area contributed by atoms with Gasteiger partial charge in [-0.2, -0.15) is 4.68 Å². The summed E-state index contributed by atoms with van der Waals surface area (Å²) in [6, 6.07) is 7.55. The lowest BCUT2D eigenvalue weighted by molar-refractivity contribution is 0.0957. The first-order valence-electron chi connectivity index (χ1n) is 14.3. The van der Waals surface area contributed by atoms with Gasteiger partial charge in [-0.05, 0) is 25.0 Å². The maximum absolute atomic E-state index is 12.3.